The van der Waals surface area contributed by atoms with Gasteiger partial charge in [-0.15, -0.1) is 0 Å². The molecule has 1 saturated carbocycles. The number of rotatable bonds is 4. The zero-order valence-corrected chi connectivity index (χ0v) is 24.3. The first-order valence-corrected chi connectivity index (χ1v) is 13.6. The van der Waals surface area contributed by atoms with Gasteiger partial charge in [-0.1, -0.05) is 50.8 Å². The number of fused-ring (bicyclic) bond motifs is 1. The van der Waals surface area contributed by atoms with Crippen molar-refractivity contribution in [3.63, 3.8) is 0 Å². The van der Waals surface area contributed by atoms with Gasteiger partial charge in [0.05, 0.1) is 17.6 Å². The molecule has 1 aromatic carbocycles. The van der Waals surface area contributed by atoms with E-state index in [1.165, 1.54) is 6.08 Å². The first-order chi connectivity index (χ1) is 19.0. The lowest BCUT2D eigenvalue weighted by molar-refractivity contribution is -0.175. The Balaban J connectivity index is 2.25. The molecule has 0 aliphatic heterocycles. The highest BCUT2D eigenvalue weighted by molar-refractivity contribution is 5.91. The zero-order chi connectivity index (χ0) is 30.9. The Bertz CT molecular complexity index is 1200. The van der Waals surface area contributed by atoms with E-state index in [1.54, 1.807) is 64.1 Å². The molecule has 41 heavy (non-hydrogen) atoms. The van der Waals surface area contributed by atoms with Crippen molar-refractivity contribution in [1.29, 1.82) is 0 Å². The Labute approximate surface area is 240 Å². The van der Waals surface area contributed by atoms with Gasteiger partial charge in [0.2, 0.25) is 0 Å². The third-order valence-electron chi connectivity index (χ3n) is 8.05. The number of carbonyl (C=O) groups excluding carboxylic acids is 4. The molecule has 0 saturated heterocycles. The Hall–Kier alpha value is -3.34. The normalized spacial score (nSPS) is 36.2. The fourth-order valence-corrected chi connectivity index (χ4v) is 5.91. The number of ketones is 1. The summed E-state index contributed by atoms with van der Waals surface area (Å²) in [7, 11) is 0. The molecule has 1 aromatic rings. The molecule has 0 radical (unpaired) electrons. The number of allylic oxidation sites excluding steroid dienone is 1. The van der Waals surface area contributed by atoms with Crippen molar-refractivity contribution < 1.29 is 48.7 Å². The van der Waals surface area contributed by atoms with Crippen LogP contribution in [0.2, 0.25) is 0 Å². The van der Waals surface area contributed by atoms with E-state index in [2.05, 4.69) is 6.58 Å². The lowest BCUT2D eigenvalue weighted by Gasteiger charge is -2.43. The molecule has 3 N–H and O–H groups in total. The second kappa shape index (κ2) is 12.3. The number of benzene rings is 1. The van der Waals surface area contributed by atoms with Crippen LogP contribution in [0.5, 0.6) is 0 Å². The number of aliphatic hydroxyl groups is 3. The largest absolute Gasteiger partial charge is 0.458 e. The summed E-state index contributed by atoms with van der Waals surface area (Å²) in [6.07, 6.45) is -4.73. The van der Waals surface area contributed by atoms with Crippen LogP contribution in [0.4, 0.5) is 0 Å². The molecule has 1 fully saturated rings. The summed E-state index contributed by atoms with van der Waals surface area (Å²) in [5.74, 6) is -5.68. The van der Waals surface area contributed by atoms with Crippen molar-refractivity contribution in [2.45, 2.75) is 84.1 Å². The van der Waals surface area contributed by atoms with E-state index in [9.17, 15) is 34.5 Å². The number of Topliss-reactive ketones (excluding diaryl/α,β-unsaturated/α-hetero) is 1. The van der Waals surface area contributed by atoms with Crippen LogP contribution in [0.25, 0.3) is 0 Å². The predicted molar refractivity (Wildman–Crippen MR) is 147 cm³/mol. The third-order valence-corrected chi connectivity index (χ3v) is 8.05. The molecule has 0 amide bonds. The SMILES string of the molecule is C=C1[C@H](OC(C)=O)[C@H]2[C@@H](OC(=O)c3ccccc3)[C@@H](C)C[C@]2(O)[C@H](O)[C@H](C)/C=C/C(C)(C)C(=O)[C@H](O)[C@H]1OC(C)=O. The van der Waals surface area contributed by atoms with Gasteiger partial charge in [-0.2, -0.15) is 0 Å². The molecule has 0 aromatic heterocycles. The van der Waals surface area contributed by atoms with E-state index >= 15 is 0 Å². The monoisotopic (exact) mass is 572 g/mol. The maximum absolute atomic E-state index is 13.4. The van der Waals surface area contributed by atoms with Crippen molar-refractivity contribution in [1.82, 2.24) is 0 Å². The smallest absolute Gasteiger partial charge is 0.338 e. The summed E-state index contributed by atoms with van der Waals surface area (Å²) >= 11 is 0. The van der Waals surface area contributed by atoms with Crippen LogP contribution in [0.3, 0.4) is 0 Å². The highest BCUT2D eigenvalue weighted by atomic mass is 16.6. The van der Waals surface area contributed by atoms with E-state index in [0.717, 1.165) is 13.8 Å². The van der Waals surface area contributed by atoms with Gasteiger partial charge in [0.15, 0.2) is 18.0 Å². The number of hydrogen-bond acceptors (Lipinski definition) is 10. The minimum atomic E-state index is -2.01. The molecular weight excluding hydrogens is 532 g/mol. The van der Waals surface area contributed by atoms with Crippen LogP contribution in [0.15, 0.2) is 54.6 Å². The topological polar surface area (TPSA) is 157 Å². The first kappa shape index (κ1) is 32.2. The minimum Gasteiger partial charge on any atom is -0.458 e. The number of esters is 3. The molecule has 0 bridgehead atoms. The average Bonchev–Trinajstić information content (AvgIpc) is 3.16. The zero-order valence-electron chi connectivity index (χ0n) is 24.3. The molecule has 2 aliphatic carbocycles. The molecule has 9 atom stereocenters. The van der Waals surface area contributed by atoms with Crippen molar-refractivity contribution in [3.8, 4) is 0 Å². The summed E-state index contributed by atoms with van der Waals surface area (Å²) in [5, 5.41) is 35.0. The molecule has 2 aliphatic rings. The summed E-state index contributed by atoms with van der Waals surface area (Å²) in [5.41, 5.74) is -3.26. The number of ether oxygens (including phenoxy) is 3. The van der Waals surface area contributed by atoms with Crippen molar-refractivity contribution in [3.05, 3.63) is 60.2 Å². The number of carbonyl (C=O) groups is 4. The van der Waals surface area contributed by atoms with Gasteiger partial charge in [0.1, 0.15) is 17.8 Å². The predicted octanol–water partition coefficient (Wildman–Crippen LogP) is 2.54. The van der Waals surface area contributed by atoms with Crippen molar-refractivity contribution in [2.24, 2.45) is 23.2 Å². The Morgan fingerprint density at radius 2 is 1.51 bits per heavy atom. The van der Waals surface area contributed by atoms with Crippen LogP contribution in [0, 0.1) is 23.2 Å². The van der Waals surface area contributed by atoms with Gasteiger partial charge in [0, 0.05) is 30.8 Å². The van der Waals surface area contributed by atoms with Gasteiger partial charge >= 0.3 is 17.9 Å². The first-order valence-electron chi connectivity index (χ1n) is 13.6. The van der Waals surface area contributed by atoms with Crippen molar-refractivity contribution >= 4 is 23.7 Å². The Morgan fingerprint density at radius 3 is 2.07 bits per heavy atom. The Kier molecular flexibility index (Phi) is 9.62. The van der Waals surface area contributed by atoms with Gasteiger partial charge < -0.3 is 29.5 Å². The van der Waals surface area contributed by atoms with Crippen LogP contribution in [0.1, 0.15) is 58.3 Å². The van der Waals surface area contributed by atoms with Crippen LogP contribution < -0.4 is 0 Å². The van der Waals surface area contributed by atoms with Gasteiger partial charge in [0.25, 0.3) is 0 Å². The van der Waals surface area contributed by atoms with Crippen LogP contribution in [-0.2, 0) is 28.6 Å². The molecule has 224 valence electrons. The lowest BCUT2D eigenvalue weighted by Crippen LogP contribution is -2.58. The maximum Gasteiger partial charge on any atom is 0.338 e. The summed E-state index contributed by atoms with van der Waals surface area (Å²) in [4.78, 5) is 51.1. The molecule has 0 spiro atoms. The highest BCUT2D eigenvalue weighted by Crippen LogP contribution is 2.50. The molecule has 3 rings (SSSR count). The highest BCUT2D eigenvalue weighted by Gasteiger charge is 2.62. The van der Waals surface area contributed by atoms with E-state index in [0.29, 0.717) is 0 Å². The molecular formula is C31H40O10. The number of aliphatic hydroxyl groups excluding tert-OH is 2. The van der Waals surface area contributed by atoms with Gasteiger partial charge in [-0.05, 0) is 38.3 Å². The standard InChI is InChI=1S/C31H40O10/c1-16-13-14-30(6,7)28(36)23(34)26(40-20(5)33)18(3)25(39-19(4)32)22-24(17(2)15-31(22,38)27(16)35)41-29(37)21-11-9-8-10-12-21/h8-14,16-17,22-27,34-35,38H,3,15H2,1-2,4-7H3/b14-13+/t16-,17+,22-,23-,24+,25+,26+,27-,31-/m1/s1. The lowest BCUT2D eigenvalue weighted by atomic mass is 9.72. The quantitative estimate of drug-likeness (QED) is 0.278. The molecule has 10 heteroatoms. The maximum atomic E-state index is 13.4. The third kappa shape index (κ3) is 6.60. The van der Waals surface area contributed by atoms with Gasteiger partial charge in [-0.3, -0.25) is 14.4 Å². The molecule has 0 heterocycles. The summed E-state index contributed by atoms with van der Waals surface area (Å²) in [6.45, 7) is 12.6. The van der Waals surface area contributed by atoms with E-state index in [4.69, 9.17) is 14.2 Å². The van der Waals surface area contributed by atoms with E-state index in [1.807, 2.05) is 0 Å². The van der Waals surface area contributed by atoms with Crippen LogP contribution >= 0.6 is 0 Å². The van der Waals surface area contributed by atoms with Gasteiger partial charge in [-0.25, -0.2) is 4.79 Å². The van der Waals surface area contributed by atoms with E-state index < -0.39 is 83.0 Å². The minimum absolute atomic E-state index is 0.0576. The molecule has 0 unspecified atom stereocenters. The number of hydrogen-bond donors (Lipinski definition) is 3. The average molecular weight is 573 g/mol. The molecule has 10 nitrogen and oxygen atoms in total. The fraction of sp³-hybridized carbons (Fsp3) is 0.548. The second-order valence-corrected chi connectivity index (χ2v) is 11.8. The van der Waals surface area contributed by atoms with Crippen molar-refractivity contribution in [2.75, 3.05) is 0 Å². The fourth-order valence-electron chi connectivity index (χ4n) is 5.91. The Morgan fingerprint density at radius 1 is 0.951 bits per heavy atom. The van der Waals surface area contributed by atoms with E-state index in [-0.39, 0.29) is 17.6 Å². The second-order valence-electron chi connectivity index (χ2n) is 11.8. The van der Waals surface area contributed by atoms with Crippen LogP contribution in [-0.4, -0.2) is 75.1 Å². The summed E-state index contributed by atoms with van der Waals surface area (Å²) < 4.78 is 16.9. The summed E-state index contributed by atoms with van der Waals surface area (Å²) in [6, 6.07) is 8.16.